The lowest BCUT2D eigenvalue weighted by Crippen LogP contribution is -2.40. The van der Waals surface area contributed by atoms with Crippen LogP contribution >= 0.6 is 15.9 Å². The Balaban J connectivity index is 2.33. The van der Waals surface area contributed by atoms with Gasteiger partial charge in [0.1, 0.15) is 0 Å². The van der Waals surface area contributed by atoms with Crippen molar-refractivity contribution in [3.63, 3.8) is 0 Å². The van der Waals surface area contributed by atoms with Crippen molar-refractivity contribution in [3.05, 3.63) is 33.8 Å². The Labute approximate surface area is 117 Å². The van der Waals surface area contributed by atoms with Crippen LogP contribution in [0.2, 0.25) is 0 Å². The monoisotopic (exact) mass is 309 g/mol. The molecule has 0 radical (unpaired) electrons. The van der Waals surface area contributed by atoms with E-state index in [9.17, 15) is 4.79 Å². The van der Waals surface area contributed by atoms with Crippen LogP contribution in [0.5, 0.6) is 0 Å². The summed E-state index contributed by atoms with van der Waals surface area (Å²) in [6, 6.07) is 6.62. The molecule has 0 saturated carbocycles. The zero-order valence-electron chi connectivity index (χ0n) is 11.2. The van der Waals surface area contributed by atoms with Gasteiger partial charge in [-0.25, -0.2) is 0 Å². The first kappa shape index (κ1) is 13.6. The van der Waals surface area contributed by atoms with Crippen LogP contribution in [-0.4, -0.2) is 22.9 Å². The summed E-state index contributed by atoms with van der Waals surface area (Å²) in [7, 11) is 0. The molecule has 18 heavy (non-hydrogen) atoms. The van der Waals surface area contributed by atoms with Crippen LogP contribution < -0.4 is 0 Å². The lowest BCUT2D eigenvalue weighted by atomic mass is 10.1. The second-order valence-electron chi connectivity index (χ2n) is 5.11. The van der Waals surface area contributed by atoms with Gasteiger partial charge in [-0.2, -0.15) is 0 Å². The Hall–Kier alpha value is -0.830. The van der Waals surface area contributed by atoms with E-state index in [2.05, 4.69) is 34.7 Å². The Morgan fingerprint density at radius 3 is 2.83 bits per heavy atom. The number of carbonyl (C=O) groups is 1. The number of rotatable bonds is 2. The molecule has 2 unspecified atom stereocenters. The van der Waals surface area contributed by atoms with Crippen LogP contribution in [0.4, 0.5) is 0 Å². The molecule has 0 spiro atoms. The molecule has 2 atom stereocenters. The minimum Gasteiger partial charge on any atom is -0.333 e. The van der Waals surface area contributed by atoms with Gasteiger partial charge < -0.3 is 4.90 Å². The van der Waals surface area contributed by atoms with Crippen molar-refractivity contribution in [3.8, 4) is 0 Å². The number of benzene rings is 1. The maximum absolute atomic E-state index is 12.7. The lowest BCUT2D eigenvalue weighted by Gasteiger charge is -2.28. The second kappa shape index (κ2) is 5.43. The normalized spacial score (nSPS) is 23.4. The molecule has 1 aliphatic heterocycles. The molecule has 2 rings (SSSR count). The topological polar surface area (TPSA) is 20.3 Å². The molecule has 1 heterocycles. The smallest absolute Gasteiger partial charge is 0.254 e. The summed E-state index contributed by atoms with van der Waals surface area (Å²) >= 11 is 3.50. The molecular weight excluding hydrogens is 290 g/mol. The van der Waals surface area contributed by atoms with Crippen molar-refractivity contribution in [2.75, 3.05) is 0 Å². The van der Waals surface area contributed by atoms with Crippen molar-refractivity contribution in [1.82, 2.24) is 4.90 Å². The first-order valence-corrected chi connectivity index (χ1v) is 7.43. The highest BCUT2D eigenvalue weighted by Crippen LogP contribution is 2.29. The van der Waals surface area contributed by atoms with Gasteiger partial charge in [-0.05, 0) is 50.8 Å². The molecule has 1 aliphatic rings. The molecule has 1 amide bonds. The minimum atomic E-state index is 0.186. The number of amides is 1. The van der Waals surface area contributed by atoms with E-state index < -0.39 is 0 Å². The quantitative estimate of drug-likeness (QED) is 0.803. The molecule has 0 aliphatic carbocycles. The van der Waals surface area contributed by atoms with Crippen molar-refractivity contribution in [2.45, 2.75) is 52.1 Å². The van der Waals surface area contributed by atoms with Gasteiger partial charge in [-0.3, -0.25) is 4.79 Å². The first-order valence-electron chi connectivity index (χ1n) is 6.64. The third-order valence-electron chi connectivity index (χ3n) is 3.99. The number of hydrogen-bond acceptors (Lipinski definition) is 1. The fourth-order valence-corrected chi connectivity index (χ4v) is 3.18. The first-order chi connectivity index (χ1) is 8.56. The molecule has 1 aromatic rings. The highest BCUT2D eigenvalue weighted by atomic mass is 79.9. The van der Waals surface area contributed by atoms with Crippen molar-refractivity contribution >= 4 is 21.8 Å². The van der Waals surface area contributed by atoms with Gasteiger partial charge in [0.15, 0.2) is 0 Å². The molecule has 0 bridgehead atoms. The zero-order valence-corrected chi connectivity index (χ0v) is 12.8. The van der Waals surface area contributed by atoms with Crippen LogP contribution in [0.15, 0.2) is 22.7 Å². The Morgan fingerprint density at radius 2 is 2.17 bits per heavy atom. The average molecular weight is 310 g/mol. The number of likely N-dealkylation sites (tertiary alicyclic amines) is 1. The van der Waals surface area contributed by atoms with E-state index >= 15 is 0 Å². The van der Waals surface area contributed by atoms with E-state index in [0.29, 0.717) is 12.1 Å². The van der Waals surface area contributed by atoms with E-state index in [1.54, 1.807) is 0 Å². The van der Waals surface area contributed by atoms with Crippen molar-refractivity contribution in [1.29, 1.82) is 0 Å². The van der Waals surface area contributed by atoms with Crippen LogP contribution in [-0.2, 0) is 0 Å². The molecular formula is C15H20BrNO. The van der Waals surface area contributed by atoms with E-state index in [1.165, 1.54) is 0 Å². The molecule has 3 heteroatoms. The molecule has 1 saturated heterocycles. The van der Waals surface area contributed by atoms with Crippen molar-refractivity contribution in [2.24, 2.45) is 0 Å². The predicted octanol–water partition coefficient (Wildman–Crippen LogP) is 4.16. The summed E-state index contributed by atoms with van der Waals surface area (Å²) in [5, 5.41) is 0. The molecule has 1 fully saturated rings. The van der Waals surface area contributed by atoms with E-state index in [1.807, 2.05) is 25.1 Å². The summed E-state index contributed by atoms with van der Waals surface area (Å²) in [6.07, 6.45) is 3.30. The van der Waals surface area contributed by atoms with E-state index in [4.69, 9.17) is 0 Å². The third-order valence-corrected chi connectivity index (χ3v) is 4.85. The molecule has 1 aromatic carbocycles. The Kier molecular flexibility index (Phi) is 4.10. The number of carbonyl (C=O) groups excluding carboxylic acids is 1. The lowest BCUT2D eigenvalue weighted by molar-refractivity contribution is 0.0675. The summed E-state index contributed by atoms with van der Waals surface area (Å²) < 4.78 is 1.01. The van der Waals surface area contributed by atoms with Gasteiger partial charge in [0.25, 0.3) is 5.91 Å². The highest BCUT2D eigenvalue weighted by Gasteiger charge is 2.34. The van der Waals surface area contributed by atoms with Crippen LogP contribution in [0, 0.1) is 6.92 Å². The zero-order chi connectivity index (χ0) is 13.3. The average Bonchev–Trinajstić information content (AvgIpc) is 2.73. The highest BCUT2D eigenvalue weighted by molar-refractivity contribution is 9.10. The Morgan fingerprint density at radius 1 is 1.44 bits per heavy atom. The molecule has 2 nitrogen and oxygen atoms in total. The largest absolute Gasteiger partial charge is 0.333 e. The van der Waals surface area contributed by atoms with Crippen LogP contribution in [0.1, 0.15) is 49.0 Å². The maximum atomic E-state index is 12.7. The fourth-order valence-electron chi connectivity index (χ4n) is 2.82. The number of nitrogens with zero attached hydrogens (tertiary/aromatic N) is 1. The molecule has 0 N–H and O–H groups in total. The summed E-state index contributed by atoms with van der Waals surface area (Å²) in [6.45, 7) is 6.32. The van der Waals surface area contributed by atoms with Gasteiger partial charge in [-0.1, -0.05) is 28.9 Å². The summed E-state index contributed by atoms with van der Waals surface area (Å²) in [5.74, 6) is 0.186. The van der Waals surface area contributed by atoms with Gasteiger partial charge in [0, 0.05) is 22.1 Å². The maximum Gasteiger partial charge on any atom is 0.254 e. The van der Waals surface area contributed by atoms with Crippen molar-refractivity contribution < 1.29 is 4.79 Å². The Bertz CT molecular complexity index is 458. The minimum absolute atomic E-state index is 0.186. The van der Waals surface area contributed by atoms with Gasteiger partial charge in [-0.15, -0.1) is 0 Å². The van der Waals surface area contributed by atoms with Gasteiger partial charge in [0.2, 0.25) is 0 Å². The standard InChI is InChI=1S/C15H20BrNO/c1-4-12-9-8-10(2)17(12)15(18)13-6-5-7-14(16)11(13)3/h5-7,10,12H,4,8-9H2,1-3H3. The summed E-state index contributed by atoms with van der Waals surface area (Å²) in [5.41, 5.74) is 1.87. The molecule has 98 valence electrons. The van der Waals surface area contributed by atoms with Gasteiger partial charge >= 0.3 is 0 Å². The van der Waals surface area contributed by atoms with E-state index in [-0.39, 0.29) is 5.91 Å². The number of hydrogen-bond donors (Lipinski definition) is 0. The molecule has 0 aromatic heterocycles. The predicted molar refractivity (Wildman–Crippen MR) is 77.8 cm³/mol. The SMILES string of the molecule is CCC1CCC(C)N1C(=O)c1cccc(Br)c1C. The summed E-state index contributed by atoms with van der Waals surface area (Å²) in [4.78, 5) is 14.8. The second-order valence-corrected chi connectivity index (χ2v) is 5.97. The van der Waals surface area contributed by atoms with E-state index in [0.717, 1.165) is 34.9 Å². The van der Waals surface area contributed by atoms with Crippen LogP contribution in [0.25, 0.3) is 0 Å². The van der Waals surface area contributed by atoms with Gasteiger partial charge in [0.05, 0.1) is 0 Å². The van der Waals surface area contributed by atoms with Crippen LogP contribution in [0.3, 0.4) is 0 Å². The number of halogens is 1. The third kappa shape index (κ3) is 2.33. The fraction of sp³-hybridized carbons (Fsp3) is 0.533.